The van der Waals surface area contributed by atoms with Gasteiger partial charge in [0.05, 0.1) is 12.0 Å². The van der Waals surface area contributed by atoms with Gasteiger partial charge in [0.15, 0.2) is 0 Å². The quantitative estimate of drug-likeness (QED) is 0.705. The molecule has 0 bridgehead atoms. The molecule has 1 heterocycles. The lowest BCUT2D eigenvalue weighted by molar-refractivity contribution is -0.126. The summed E-state index contributed by atoms with van der Waals surface area (Å²) in [5, 5.41) is 2.95. The Hall–Kier alpha value is -2.38. The number of nitrogens with zero attached hydrogens (tertiary/aromatic N) is 2. The summed E-state index contributed by atoms with van der Waals surface area (Å²) in [5.74, 6) is -0.885. The minimum atomic E-state index is -0.393. The average Bonchev–Trinajstić information content (AvgIpc) is 3.09. The second-order valence-corrected chi connectivity index (χ2v) is 8.27. The number of likely N-dealkylation sites (N-methyl/N-ethyl adjacent to an activating group) is 1. The first-order chi connectivity index (χ1) is 13.9. The van der Waals surface area contributed by atoms with E-state index >= 15 is 0 Å². The molecule has 1 aliphatic rings. The number of benzene rings is 2. The van der Waals surface area contributed by atoms with Gasteiger partial charge in [0.2, 0.25) is 11.8 Å². The molecule has 1 N–H and O–H groups in total. The van der Waals surface area contributed by atoms with Crippen LogP contribution in [0, 0.1) is 11.7 Å². The largest absolute Gasteiger partial charge is 0.354 e. The number of amides is 2. The van der Waals surface area contributed by atoms with Crippen LogP contribution in [0.25, 0.3) is 0 Å². The number of thioether (sulfide) groups is 1. The van der Waals surface area contributed by atoms with Crippen molar-refractivity contribution in [3.63, 3.8) is 0 Å². The molecule has 29 heavy (non-hydrogen) atoms. The van der Waals surface area contributed by atoms with Crippen LogP contribution >= 0.6 is 11.8 Å². The van der Waals surface area contributed by atoms with Gasteiger partial charge in [0.25, 0.3) is 0 Å². The van der Waals surface area contributed by atoms with Crippen LogP contribution < -0.4 is 10.2 Å². The van der Waals surface area contributed by atoms with E-state index in [0.29, 0.717) is 13.1 Å². The van der Waals surface area contributed by atoms with Crippen molar-refractivity contribution in [1.82, 2.24) is 10.2 Å². The Morgan fingerprint density at radius 1 is 1.28 bits per heavy atom. The lowest BCUT2D eigenvalue weighted by Gasteiger charge is -2.26. The van der Waals surface area contributed by atoms with Gasteiger partial charge in [-0.15, -0.1) is 11.8 Å². The summed E-state index contributed by atoms with van der Waals surface area (Å²) >= 11 is 1.61. The van der Waals surface area contributed by atoms with E-state index in [1.165, 1.54) is 12.1 Å². The SMILES string of the molecule is CSc1cccc(N2C[C@@H](C(=O)NC[C@H](c3cccc(F)c3)N(C)C)CC2=O)c1. The maximum absolute atomic E-state index is 13.6. The Kier molecular flexibility index (Phi) is 6.92. The van der Waals surface area contributed by atoms with Crippen LogP contribution in [0.1, 0.15) is 18.0 Å². The monoisotopic (exact) mass is 415 g/mol. The Morgan fingerprint density at radius 3 is 2.72 bits per heavy atom. The number of nitrogens with one attached hydrogen (secondary N) is 1. The van der Waals surface area contributed by atoms with Crippen LogP contribution in [0.15, 0.2) is 53.4 Å². The van der Waals surface area contributed by atoms with E-state index < -0.39 is 5.92 Å². The Bertz CT molecular complexity index is 890. The summed E-state index contributed by atoms with van der Waals surface area (Å²) < 4.78 is 13.6. The predicted molar refractivity (Wildman–Crippen MR) is 115 cm³/mol. The molecule has 5 nitrogen and oxygen atoms in total. The third-order valence-electron chi connectivity index (χ3n) is 5.19. The topological polar surface area (TPSA) is 52.7 Å². The highest BCUT2D eigenvalue weighted by Gasteiger charge is 2.35. The van der Waals surface area contributed by atoms with Crippen molar-refractivity contribution >= 4 is 29.3 Å². The van der Waals surface area contributed by atoms with Gasteiger partial charge in [-0.1, -0.05) is 18.2 Å². The van der Waals surface area contributed by atoms with E-state index in [4.69, 9.17) is 0 Å². The van der Waals surface area contributed by atoms with Crippen LogP contribution in [-0.4, -0.2) is 50.2 Å². The number of halogens is 1. The molecule has 0 saturated carbocycles. The fourth-order valence-corrected chi connectivity index (χ4v) is 4.02. The molecule has 0 aliphatic carbocycles. The first-order valence-electron chi connectivity index (χ1n) is 9.53. The fourth-order valence-electron chi connectivity index (χ4n) is 3.57. The highest BCUT2D eigenvalue weighted by Crippen LogP contribution is 2.28. The minimum absolute atomic E-state index is 0.0438. The molecular weight excluding hydrogens is 389 g/mol. The van der Waals surface area contributed by atoms with Crippen molar-refractivity contribution < 1.29 is 14.0 Å². The summed E-state index contributed by atoms with van der Waals surface area (Å²) in [7, 11) is 3.78. The molecule has 0 unspecified atom stereocenters. The van der Waals surface area contributed by atoms with Crippen LogP contribution in [0.5, 0.6) is 0 Å². The Labute approximate surface area is 175 Å². The number of anilines is 1. The summed E-state index contributed by atoms with van der Waals surface area (Å²) in [5.41, 5.74) is 1.62. The zero-order chi connectivity index (χ0) is 21.0. The van der Waals surface area contributed by atoms with Gasteiger partial charge >= 0.3 is 0 Å². The van der Waals surface area contributed by atoms with Crippen LogP contribution in [0.2, 0.25) is 0 Å². The van der Waals surface area contributed by atoms with Gasteiger partial charge in [-0.25, -0.2) is 4.39 Å². The molecule has 1 fully saturated rings. The molecular formula is C22H26FN3O2S. The number of rotatable bonds is 7. The lowest BCUT2D eigenvalue weighted by atomic mass is 10.0. The van der Waals surface area contributed by atoms with Gasteiger partial charge in [-0.3, -0.25) is 9.59 Å². The second kappa shape index (κ2) is 9.41. The molecule has 154 valence electrons. The molecule has 3 rings (SSSR count). The van der Waals surface area contributed by atoms with Gasteiger partial charge in [0, 0.05) is 30.1 Å². The zero-order valence-electron chi connectivity index (χ0n) is 16.9. The van der Waals surface area contributed by atoms with E-state index in [1.807, 2.05) is 55.6 Å². The molecule has 1 aliphatic heterocycles. The van der Waals surface area contributed by atoms with Crippen LogP contribution in [0.3, 0.4) is 0 Å². The van der Waals surface area contributed by atoms with Gasteiger partial charge in [-0.05, 0) is 56.2 Å². The van der Waals surface area contributed by atoms with Crippen molar-refractivity contribution in [2.75, 3.05) is 38.3 Å². The maximum Gasteiger partial charge on any atom is 0.227 e. The summed E-state index contributed by atoms with van der Waals surface area (Å²) in [6.07, 6.45) is 2.18. The van der Waals surface area contributed by atoms with E-state index in [0.717, 1.165) is 16.1 Å². The fraction of sp³-hybridized carbons (Fsp3) is 0.364. The van der Waals surface area contributed by atoms with E-state index in [2.05, 4.69) is 5.32 Å². The van der Waals surface area contributed by atoms with Crippen molar-refractivity contribution in [2.24, 2.45) is 5.92 Å². The van der Waals surface area contributed by atoms with Crippen LogP contribution in [0.4, 0.5) is 10.1 Å². The van der Waals surface area contributed by atoms with Gasteiger partial charge < -0.3 is 15.1 Å². The summed E-state index contributed by atoms with van der Waals surface area (Å²) in [6.45, 7) is 0.719. The molecule has 0 aromatic heterocycles. The van der Waals surface area contributed by atoms with Gasteiger partial charge in [0.1, 0.15) is 5.82 Å². The van der Waals surface area contributed by atoms with E-state index in [-0.39, 0.29) is 30.1 Å². The highest BCUT2D eigenvalue weighted by molar-refractivity contribution is 7.98. The average molecular weight is 416 g/mol. The number of hydrogen-bond acceptors (Lipinski definition) is 4. The van der Waals surface area contributed by atoms with E-state index in [1.54, 1.807) is 22.7 Å². The van der Waals surface area contributed by atoms with Crippen molar-refractivity contribution in [3.05, 3.63) is 59.9 Å². The summed E-state index contributed by atoms with van der Waals surface area (Å²) in [6, 6.07) is 14.0. The molecule has 2 aromatic carbocycles. The molecule has 7 heteroatoms. The van der Waals surface area contributed by atoms with E-state index in [9.17, 15) is 14.0 Å². The van der Waals surface area contributed by atoms with Crippen molar-refractivity contribution in [2.45, 2.75) is 17.4 Å². The van der Waals surface area contributed by atoms with Crippen LogP contribution in [-0.2, 0) is 9.59 Å². The molecule has 2 aromatic rings. The molecule has 0 spiro atoms. The third kappa shape index (κ3) is 5.16. The molecule has 0 radical (unpaired) electrons. The third-order valence-corrected chi connectivity index (χ3v) is 5.91. The number of carbonyl (C=O) groups excluding carboxylic acids is 2. The first kappa shape index (κ1) is 21.3. The standard InChI is InChI=1S/C22H26FN3O2S/c1-25(2)20(15-6-4-7-17(23)10-15)13-24-22(28)16-11-21(27)26(14-16)18-8-5-9-19(12-18)29-3/h4-10,12,16,20H,11,13-14H2,1-3H3,(H,24,28)/t16-,20+/m0/s1. The molecule has 1 saturated heterocycles. The Morgan fingerprint density at radius 2 is 2.03 bits per heavy atom. The number of carbonyl (C=O) groups is 2. The Balaban J connectivity index is 1.64. The smallest absolute Gasteiger partial charge is 0.227 e. The minimum Gasteiger partial charge on any atom is -0.354 e. The lowest BCUT2D eigenvalue weighted by Crippen LogP contribution is -2.38. The van der Waals surface area contributed by atoms with Gasteiger partial charge in [-0.2, -0.15) is 0 Å². The first-order valence-corrected chi connectivity index (χ1v) is 10.8. The molecule has 2 amide bonds. The summed E-state index contributed by atoms with van der Waals surface area (Å²) in [4.78, 5) is 29.9. The second-order valence-electron chi connectivity index (χ2n) is 7.39. The number of hydrogen-bond donors (Lipinski definition) is 1. The highest BCUT2D eigenvalue weighted by atomic mass is 32.2. The zero-order valence-corrected chi connectivity index (χ0v) is 17.7. The van der Waals surface area contributed by atoms with Crippen molar-refractivity contribution in [3.8, 4) is 0 Å². The van der Waals surface area contributed by atoms with Crippen molar-refractivity contribution in [1.29, 1.82) is 0 Å². The predicted octanol–water partition coefficient (Wildman–Crippen LogP) is 3.32. The maximum atomic E-state index is 13.6. The molecule has 2 atom stereocenters. The normalized spacial score (nSPS) is 17.6.